The fourth-order valence-electron chi connectivity index (χ4n) is 2.13. The van der Waals surface area contributed by atoms with Crippen LogP contribution >= 0.6 is 15.9 Å². The van der Waals surface area contributed by atoms with Crippen LogP contribution in [0.5, 0.6) is 0 Å². The smallest absolute Gasteiger partial charge is 0.0936 e. The van der Waals surface area contributed by atoms with Crippen LogP contribution in [-0.4, -0.2) is 26.2 Å². The van der Waals surface area contributed by atoms with Crippen LogP contribution in [-0.2, 0) is 13.2 Å². The van der Waals surface area contributed by atoms with Crippen LogP contribution in [0.15, 0.2) is 28.9 Å². The summed E-state index contributed by atoms with van der Waals surface area (Å²) in [5.74, 6) is 0. The SMILES string of the molecule is Cc1nn(CN(CCC#N)Cc2ccccn2)c(C)c1Br. The third kappa shape index (κ3) is 4.13. The summed E-state index contributed by atoms with van der Waals surface area (Å²) in [4.78, 5) is 6.53. The van der Waals surface area contributed by atoms with Gasteiger partial charge in [0.2, 0.25) is 0 Å². The van der Waals surface area contributed by atoms with Crippen LogP contribution in [0.2, 0.25) is 0 Å². The van der Waals surface area contributed by atoms with Crippen LogP contribution in [0.25, 0.3) is 0 Å². The lowest BCUT2D eigenvalue weighted by molar-refractivity contribution is 0.198. The molecule has 2 aromatic heterocycles. The molecule has 0 N–H and O–H groups in total. The molecule has 2 aromatic rings. The van der Waals surface area contributed by atoms with Gasteiger partial charge in [-0.1, -0.05) is 6.07 Å². The van der Waals surface area contributed by atoms with E-state index in [1.54, 1.807) is 6.20 Å². The average molecular weight is 348 g/mol. The molecular weight excluding hydrogens is 330 g/mol. The van der Waals surface area contributed by atoms with Gasteiger partial charge in [-0.05, 0) is 41.9 Å². The first-order valence-corrected chi connectivity index (χ1v) is 7.60. The van der Waals surface area contributed by atoms with Crippen LogP contribution < -0.4 is 0 Å². The summed E-state index contributed by atoms with van der Waals surface area (Å²) in [5, 5.41) is 13.4. The van der Waals surface area contributed by atoms with Crippen molar-refractivity contribution in [1.82, 2.24) is 19.7 Å². The van der Waals surface area contributed by atoms with Gasteiger partial charge in [-0.25, -0.2) is 0 Å². The first-order chi connectivity index (χ1) is 10.1. The summed E-state index contributed by atoms with van der Waals surface area (Å²) < 4.78 is 3.00. The molecule has 0 aliphatic rings. The zero-order chi connectivity index (χ0) is 15.2. The Morgan fingerprint density at radius 2 is 2.19 bits per heavy atom. The van der Waals surface area contributed by atoms with E-state index in [1.807, 2.05) is 36.7 Å². The highest BCUT2D eigenvalue weighted by Gasteiger charge is 2.13. The second-order valence-corrected chi connectivity index (χ2v) is 5.70. The van der Waals surface area contributed by atoms with E-state index in [2.05, 4.69) is 37.0 Å². The van der Waals surface area contributed by atoms with Crippen LogP contribution in [0.3, 0.4) is 0 Å². The molecule has 0 saturated heterocycles. The van der Waals surface area contributed by atoms with E-state index < -0.39 is 0 Å². The van der Waals surface area contributed by atoms with Gasteiger partial charge in [-0.2, -0.15) is 10.4 Å². The quantitative estimate of drug-likeness (QED) is 0.805. The normalized spacial score (nSPS) is 10.8. The van der Waals surface area contributed by atoms with E-state index in [9.17, 15) is 0 Å². The van der Waals surface area contributed by atoms with Crippen LogP contribution in [0, 0.1) is 25.2 Å². The van der Waals surface area contributed by atoms with Gasteiger partial charge in [-0.3, -0.25) is 14.6 Å². The average Bonchev–Trinajstić information content (AvgIpc) is 2.73. The van der Waals surface area contributed by atoms with Crippen molar-refractivity contribution >= 4 is 15.9 Å². The Balaban J connectivity index is 2.12. The number of nitrogens with zero attached hydrogens (tertiary/aromatic N) is 5. The number of nitriles is 1. The summed E-state index contributed by atoms with van der Waals surface area (Å²) in [7, 11) is 0. The number of hydrogen-bond acceptors (Lipinski definition) is 4. The van der Waals surface area contributed by atoms with Crippen LogP contribution in [0.1, 0.15) is 23.5 Å². The van der Waals surface area contributed by atoms with Crippen molar-refractivity contribution in [1.29, 1.82) is 5.26 Å². The molecule has 6 heteroatoms. The maximum absolute atomic E-state index is 8.83. The second kappa shape index (κ2) is 7.34. The van der Waals surface area contributed by atoms with Crippen molar-refractivity contribution in [2.75, 3.05) is 6.54 Å². The fourth-order valence-corrected chi connectivity index (χ4v) is 2.41. The molecule has 110 valence electrons. The highest BCUT2D eigenvalue weighted by atomic mass is 79.9. The molecule has 2 rings (SSSR count). The molecule has 0 aromatic carbocycles. The van der Waals surface area contributed by atoms with Gasteiger partial charge in [0.05, 0.1) is 34.3 Å². The summed E-state index contributed by atoms with van der Waals surface area (Å²) in [6.07, 6.45) is 2.28. The minimum Gasteiger partial charge on any atom is -0.277 e. The fraction of sp³-hybridized carbons (Fsp3) is 0.400. The Morgan fingerprint density at radius 3 is 2.76 bits per heavy atom. The highest BCUT2D eigenvalue weighted by Crippen LogP contribution is 2.20. The Morgan fingerprint density at radius 1 is 1.38 bits per heavy atom. The van der Waals surface area contributed by atoms with E-state index in [0.717, 1.165) is 21.6 Å². The predicted octanol–water partition coefficient (Wildman–Crippen LogP) is 3.03. The molecule has 2 heterocycles. The monoisotopic (exact) mass is 347 g/mol. The summed E-state index contributed by atoms with van der Waals surface area (Å²) in [6.45, 7) is 6.07. The van der Waals surface area contributed by atoms with Gasteiger partial charge in [0.1, 0.15) is 0 Å². The zero-order valence-corrected chi connectivity index (χ0v) is 13.8. The molecule has 0 aliphatic carbocycles. The first-order valence-electron chi connectivity index (χ1n) is 6.80. The van der Waals surface area contributed by atoms with Crippen molar-refractivity contribution in [3.63, 3.8) is 0 Å². The lowest BCUT2D eigenvalue weighted by Gasteiger charge is -2.21. The number of rotatable bonds is 6. The second-order valence-electron chi connectivity index (χ2n) is 4.91. The molecule has 21 heavy (non-hydrogen) atoms. The van der Waals surface area contributed by atoms with Gasteiger partial charge >= 0.3 is 0 Å². The Labute approximate surface area is 133 Å². The third-order valence-electron chi connectivity index (χ3n) is 3.28. The topological polar surface area (TPSA) is 57.7 Å². The molecule has 0 aliphatic heterocycles. The molecule has 0 bridgehead atoms. The molecule has 0 amide bonds. The van der Waals surface area contributed by atoms with Crippen molar-refractivity contribution in [3.8, 4) is 6.07 Å². The highest BCUT2D eigenvalue weighted by molar-refractivity contribution is 9.10. The number of pyridine rings is 1. The lowest BCUT2D eigenvalue weighted by Crippen LogP contribution is -2.28. The number of halogens is 1. The van der Waals surface area contributed by atoms with Crippen molar-refractivity contribution < 1.29 is 0 Å². The number of hydrogen-bond donors (Lipinski definition) is 0. The first kappa shape index (κ1) is 15.7. The molecule has 0 saturated carbocycles. The molecule has 0 fully saturated rings. The van der Waals surface area contributed by atoms with E-state index in [0.29, 0.717) is 26.2 Å². The zero-order valence-electron chi connectivity index (χ0n) is 12.3. The van der Waals surface area contributed by atoms with Gasteiger partial charge in [-0.15, -0.1) is 0 Å². The summed E-state index contributed by atoms with van der Waals surface area (Å²) in [5.41, 5.74) is 3.07. The molecule has 5 nitrogen and oxygen atoms in total. The summed E-state index contributed by atoms with van der Waals surface area (Å²) in [6, 6.07) is 8.08. The van der Waals surface area contributed by atoms with Crippen molar-refractivity contribution in [3.05, 3.63) is 46.0 Å². The number of aryl methyl sites for hydroxylation is 1. The summed E-state index contributed by atoms with van der Waals surface area (Å²) >= 11 is 3.54. The number of aromatic nitrogens is 3. The van der Waals surface area contributed by atoms with Crippen molar-refractivity contribution in [2.45, 2.75) is 33.5 Å². The lowest BCUT2D eigenvalue weighted by atomic mass is 10.3. The minimum absolute atomic E-state index is 0.493. The van der Waals surface area contributed by atoms with Gasteiger partial charge in [0.15, 0.2) is 0 Å². The van der Waals surface area contributed by atoms with E-state index in [4.69, 9.17) is 5.26 Å². The van der Waals surface area contributed by atoms with E-state index >= 15 is 0 Å². The Bertz CT molecular complexity index is 630. The predicted molar refractivity (Wildman–Crippen MR) is 84.3 cm³/mol. The molecular formula is C15H18BrN5. The Hall–Kier alpha value is -1.71. The van der Waals surface area contributed by atoms with Crippen molar-refractivity contribution in [2.24, 2.45) is 0 Å². The van der Waals surface area contributed by atoms with Crippen LogP contribution in [0.4, 0.5) is 0 Å². The molecule has 0 unspecified atom stereocenters. The molecule has 0 radical (unpaired) electrons. The molecule has 0 spiro atoms. The third-order valence-corrected chi connectivity index (χ3v) is 4.43. The molecule has 0 atom stereocenters. The largest absolute Gasteiger partial charge is 0.277 e. The van der Waals surface area contributed by atoms with Gasteiger partial charge < -0.3 is 0 Å². The Kier molecular flexibility index (Phi) is 5.48. The van der Waals surface area contributed by atoms with E-state index in [-0.39, 0.29) is 0 Å². The van der Waals surface area contributed by atoms with Gasteiger partial charge in [0.25, 0.3) is 0 Å². The standard InChI is InChI=1S/C15H18BrN5/c1-12-15(16)13(2)21(19-12)11-20(9-5-7-17)10-14-6-3-4-8-18-14/h3-4,6,8H,5,9-11H2,1-2H3. The maximum Gasteiger partial charge on any atom is 0.0936 e. The maximum atomic E-state index is 8.83. The van der Waals surface area contributed by atoms with Gasteiger partial charge in [0, 0.05) is 25.7 Å². The minimum atomic E-state index is 0.493. The van der Waals surface area contributed by atoms with E-state index in [1.165, 1.54) is 0 Å².